The van der Waals surface area contributed by atoms with Crippen molar-refractivity contribution in [3.8, 4) is 0 Å². The van der Waals surface area contributed by atoms with Crippen LogP contribution in [0, 0.1) is 29.6 Å². The van der Waals surface area contributed by atoms with E-state index in [0.29, 0.717) is 6.42 Å². The van der Waals surface area contributed by atoms with Crippen LogP contribution in [0.25, 0.3) is 0 Å². The minimum absolute atomic E-state index is 0.0640. The normalized spacial score (nSPS) is 34.4. The van der Waals surface area contributed by atoms with Gasteiger partial charge in [0.05, 0.1) is 0 Å². The summed E-state index contributed by atoms with van der Waals surface area (Å²) < 4.78 is 5.82. The molecule has 0 amide bonds. The van der Waals surface area contributed by atoms with Gasteiger partial charge in [0.25, 0.3) is 0 Å². The number of hydrogen-bond acceptors (Lipinski definition) is 2. The maximum Gasteiger partial charge on any atom is 0.306 e. The van der Waals surface area contributed by atoms with Crippen molar-refractivity contribution in [2.45, 2.75) is 148 Å². The Labute approximate surface area is 193 Å². The van der Waals surface area contributed by atoms with Gasteiger partial charge in [-0.15, -0.1) is 0 Å². The molecule has 31 heavy (non-hydrogen) atoms. The standard InChI is InChI=1S/C29H52O2/c1-3-5-6-7-8-10-29(30)31-28-21-19-27(20-22-28)26-17-15-25(16-18-26)24-13-11-23(9-4-2)12-14-24/h23-28H,3-22H2,1-2H3. The van der Waals surface area contributed by atoms with Crippen LogP contribution in [-0.2, 0) is 9.53 Å². The molecule has 3 fully saturated rings. The van der Waals surface area contributed by atoms with E-state index in [1.54, 1.807) is 0 Å². The van der Waals surface area contributed by atoms with Gasteiger partial charge in [-0.25, -0.2) is 0 Å². The van der Waals surface area contributed by atoms with Gasteiger partial charge in [-0.1, -0.05) is 65.2 Å². The highest BCUT2D eigenvalue weighted by Gasteiger charge is 2.35. The second-order valence-electron chi connectivity index (χ2n) is 11.4. The lowest BCUT2D eigenvalue weighted by Crippen LogP contribution is -2.31. The van der Waals surface area contributed by atoms with E-state index in [4.69, 9.17) is 4.74 Å². The first-order chi connectivity index (χ1) is 15.2. The van der Waals surface area contributed by atoms with Crippen LogP contribution in [0.2, 0.25) is 0 Å². The average Bonchev–Trinajstić information content (AvgIpc) is 2.80. The third kappa shape index (κ3) is 8.39. The predicted molar refractivity (Wildman–Crippen MR) is 131 cm³/mol. The molecule has 0 aromatic carbocycles. The third-order valence-electron chi connectivity index (χ3n) is 9.24. The molecule has 2 heteroatoms. The van der Waals surface area contributed by atoms with Crippen molar-refractivity contribution in [2.24, 2.45) is 29.6 Å². The summed E-state index contributed by atoms with van der Waals surface area (Å²) in [6.07, 6.45) is 26.6. The maximum atomic E-state index is 12.1. The first-order valence-corrected chi connectivity index (χ1v) is 14.4. The van der Waals surface area contributed by atoms with E-state index < -0.39 is 0 Å². The van der Waals surface area contributed by atoms with E-state index in [1.165, 1.54) is 103 Å². The molecule has 2 nitrogen and oxygen atoms in total. The van der Waals surface area contributed by atoms with Crippen LogP contribution in [0.4, 0.5) is 0 Å². The summed E-state index contributed by atoms with van der Waals surface area (Å²) in [6, 6.07) is 0. The van der Waals surface area contributed by atoms with Gasteiger partial charge in [-0.05, 0) is 100 Å². The number of carbonyl (C=O) groups excluding carboxylic acids is 1. The van der Waals surface area contributed by atoms with Crippen LogP contribution in [0.3, 0.4) is 0 Å². The number of carbonyl (C=O) groups is 1. The van der Waals surface area contributed by atoms with E-state index in [-0.39, 0.29) is 12.1 Å². The number of ether oxygens (including phenoxy) is 1. The molecule has 3 aliphatic carbocycles. The Morgan fingerprint density at radius 3 is 1.61 bits per heavy atom. The summed E-state index contributed by atoms with van der Waals surface area (Å²) in [6.45, 7) is 4.58. The molecular weight excluding hydrogens is 380 g/mol. The monoisotopic (exact) mass is 432 g/mol. The van der Waals surface area contributed by atoms with E-state index >= 15 is 0 Å². The number of rotatable bonds is 11. The molecule has 0 radical (unpaired) electrons. The smallest absolute Gasteiger partial charge is 0.306 e. The number of esters is 1. The first-order valence-electron chi connectivity index (χ1n) is 14.4. The van der Waals surface area contributed by atoms with Crippen LogP contribution in [0.15, 0.2) is 0 Å². The summed E-state index contributed by atoms with van der Waals surface area (Å²) in [5.41, 5.74) is 0. The Balaban J connectivity index is 1.27. The summed E-state index contributed by atoms with van der Waals surface area (Å²) in [4.78, 5) is 12.1. The summed E-state index contributed by atoms with van der Waals surface area (Å²) >= 11 is 0. The van der Waals surface area contributed by atoms with Crippen LogP contribution in [-0.4, -0.2) is 12.1 Å². The van der Waals surface area contributed by atoms with Crippen molar-refractivity contribution >= 4 is 5.97 Å². The zero-order valence-corrected chi connectivity index (χ0v) is 20.9. The Kier molecular flexibility index (Phi) is 11.2. The molecule has 0 aromatic rings. The minimum atomic E-state index is 0.0640. The van der Waals surface area contributed by atoms with E-state index in [1.807, 2.05) is 0 Å². The highest BCUT2D eigenvalue weighted by molar-refractivity contribution is 5.69. The van der Waals surface area contributed by atoms with Crippen molar-refractivity contribution in [1.29, 1.82) is 0 Å². The molecule has 180 valence electrons. The molecule has 0 bridgehead atoms. The Morgan fingerprint density at radius 1 is 0.613 bits per heavy atom. The number of unbranched alkanes of at least 4 members (excludes halogenated alkanes) is 4. The van der Waals surface area contributed by atoms with Crippen molar-refractivity contribution < 1.29 is 9.53 Å². The molecule has 0 heterocycles. The van der Waals surface area contributed by atoms with Crippen LogP contribution < -0.4 is 0 Å². The molecule has 3 saturated carbocycles. The Morgan fingerprint density at radius 2 is 1.10 bits per heavy atom. The second-order valence-corrected chi connectivity index (χ2v) is 11.4. The van der Waals surface area contributed by atoms with E-state index in [9.17, 15) is 4.79 Å². The third-order valence-corrected chi connectivity index (χ3v) is 9.24. The molecule has 0 aromatic heterocycles. The molecule has 0 atom stereocenters. The molecule has 0 saturated heterocycles. The quantitative estimate of drug-likeness (QED) is 0.241. The zero-order chi connectivity index (χ0) is 21.9. The largest absolute Gasteiger partial charge is 0.462 e. The fourth-order valence-electron chi connectivity index (χ4n) is 7.24. The summed E-state index contributed by atoms with van der Waals surface area (Å²) in [7, 11) is 0. The predicted octanol–water partition coefficient (Wildman–Crippen LogP) is 8.86. The van der Waals surface area contributed by atoms with Gasteiger partial charge in [-0.3, -0.25) is 4.79 Å². The molecule has 0 unspecified atom stereocenters. The molecule has 0 aliphatic heterocycles. The topological polar surface area (TPSA) is 26.3 Å². The van der Waals surface area contributed by atoms with Gasteiger partial charge >= 0.3 is 5.97 Å². The minimum Gasteiger partial charge on any atom is -0.462 e. The first kappa shape index (κ1) is 25.1. The number of hydrogen-bond donors (Lipinski definition) is 0. The lowest BCUT2D eigenvalue weighted by molar-refractivity contribution is -0.151. The van der Waals surface area contributed by atoms with Gasteiger partial charge < -0.3 is 4.74 Å². The average molecular weight is 433 g/mol. The zero-order valence-electron chi connectivity index (χ0n) is 20.9. The van der Waals surface area contributed by atoms with Crippen molar-refractivity contribution in [3.63, 3.8) is 0 Å². The highest BCUT2D eigenvalue weighted by atomic mass is 16.5. The van der Waals surface area contributed by atoms with Gasteiger partial charge in [0.15, 0.2) is 0 Å². The van der Waals surface area contributed by atoms with Crippen LogP contribution >= 0.6 is 0 Å². The lowest BCUT2D eigenvalue weighted by Gasteiger charge is -2.41. The SMILES string of the molecule is CCCCCCCC(=O)OC1CCC(C2CCC(C3CCC(CCC)CC3)CC2)CC1. The molecule has 0 N–H and O–H groups in total. The second kappa shape index (κ2) is 13.9. The highest BCUT2D eigenvalue weighted by Crippen LogP contribution is 2.45. The van der Waals surface area contributed by atoms with Crippen molar-refractivity contribution in [3.05, 3.63) is 0 Å². The molecule has 3 aliphatic rings. The fraction of sp³-hybridized carbons (Fsp3) is 0.966. The Hall–Kier alpha value is -0.530. The van der Waals surface area contributed by atoms with Gasteiger partial charge in [-0.2, -0.15) is 0 Å². The van der Waals surface area contributed by atoms with Crippen LogP contribution in [0.1, 0.15) is 142 Å². The van der Waals surface area contributed by atoms with Gasteiger partial charge in [0.1, 0.15) is 6.10 Å². The molecule has 3 rings (SSSR count). The van der Waals surface area contributed by atoms with E-state index in [0.717, 1.165) is 48.9 Å². The summed E-state index contributed by atoms with van der Waals surface area (Å²) in [5, 5.41) is 0. The lowest BCUT2D eigenvalue weighted by atomic mass is 9.65. The van der Waals surface area contributed by atoms with Crippen molar-refractivity contribution in [2.75, 3.05) is 0 Å². The van der Waals surface area contributed by atoms with Crippen molar-refractivity contribution in [1.82, 2.24) is 0 Å². The van der Waals surface area contributed by atoms with E-state index in [2.05, 4.69) is 13.8 Å². The summed E-state index contributed by atoms with van der Waals surface area (Å²) in [5.74, 6) is 5.06. The molecule has 0 spiro atoms. The van der Waals surface area contributed by atoms with Gasteiger partial charge in [0.2, 0.25) is 0 Å². The fourth-order valence-corrected chi connectivity index (χ4v) is 7.24. The Bertz CT molecular complexity index is 477. The van der Waals surface area contributed by atoms with Crippen LogP contribution in [0.5, 0.6) is 0 Å². The maximum absolute atomic E-state index is 12.1. The molecular formula is C29H52O2. The van der Waals surface area contributed by atoms with Gasteiger partial charge in [0, 0.05) is 6.42 Å².